The van der Waals surface area contributed by atoms with Crippen molar-refractivity contribution in [3.63, 3.8) is 0 Å². The van der Waals surface area contributed by atoms with Gasteiger partial charge in [0.05, 0.1) is 6.61 Å². The summed E-state index contributed by atoms with van der Waals surface area (Å²) in [6.07, 6.45) is 14.5. The smallest absolute Gasteiger partial charge is 0.146 e. The molecule has 2 nitrogen and oxygen atoms in total. The maximum Gasteiger partial charge on any atom is 0.146 e. The Labute approximate surface area is 160 Å². The van der Waals surface area contributed by atoms with Crippen LogP contribution in [0.15, 0.2) is 24.3 Å². The molecule has 2 heteroatoms. The maximum absolute atomic E-state index is 5.44. The zero-order valence-corrected chi connectivity index (χ0v) is 16.9. The molecule has 0 spiro atoms. The molecule has 0 amide bonds. The first-order valence-corrected chi connectivity index (χ1v) is 11.0. The average Bonchev–Trinajstić information content (AvgIpc) is 2.70. The van der Waals surface area contributed by atoms with Crippen molar-refractivity contribution in [1.82, 2.24) is 0 Å². The summed E-state index contributed by atoms with van der Waals surface area (Å²) >= 11 is 0. The second kappa shape index (κ2) is 10.5. The van der Waals surface area contributed by atoms with Crippen molar-refractivity contribution >= 4 is 0 Å². The molecule has 0 heterocycles. The first kappa shape index (κ1) is 19.9. The fourth-order valence-electron chi connectivity index (χ4n) is 5.41. The molecule has 1 aromatic rings. The molecule has 2 fully saturated rings. The highest BCUT2D eigenvalue weighted by Crippen LogP contribution is 2.44. The van der Waals surface area contributed by atoms with Gasteiger partial charge in [0.1, 0.15) is 6.79 Å². The van der Waals surface area contributed by atoms with Crippen molar-refractivity contribution in [3.05, 3.63) is 35.4 Å². The van der Waals surface area contributed by atoms with E-state index in [0.717, 1.165) is 23.7 Å². The maximum atomic E-state index is 5.44. The van der Waals surface area contributed by atoms with Crippen LogP contribution in [-0.4, -0.2) is 13.9 Å². The Kier molecular flexibility index (Phi) is 8.01. The standard InChI is InChI=1S/C24H38O2/c1-3-4-19-5-9-21(10-6-19)23-13-15-24(16-14-23)22-11-7-20(8-12-22)17-26-18-25-2/h7-8,11-12,19,21,23-24H,3-6,9-10,13-18H2,1-2H3. The van der Waals surface area contributed by atoms with Crippen LogP contribution in [0.3, 0.4) is 0 Å². The lowest BCUT2D eigenvalue weighted by Crippen LogP contribution is -2.25. The van der Waals surface area contributed by atoms with Crippen LogP contribution in [0.25, 0.3) is 0 Å². The molecule has 1 aromatic carbocycles. The second-order valence-corrected chi connectivity index (χ2v) is 8.68. The minimum absolute atomic E-state index is 0.367. The normalized spacial score (nSPS) is 29.6. The predicted octanol–water partition coefficient (Wildman–Crippen LogP) is 6.69. The van der Waals surface area contributed by atoms with Crippen molar-refractivity contribution in [1.29, 1.82) is 0 Å². The summed E-state index contributed by atoms with van der Waals surface area (Å²) in [6, 6.07) is 9.11. The summed E-state index contributed by atoms with van der Waals surface area (Å²) in [5.41, 5.74) is 2.77. The molecule has 0 N–H and O–H groups in total. The quantitative estimate of drug-likeness (QED) is 0.381. The molecule has 0 aliphatic heterocycles. The number of benzene rings is 1. The molecular weight excluding hydrogens is 320 g/mol. The van der Waals surface area contributed by atoms with E-state index in [0.29, 0.717) is 13.4 Å². The molecular formula is C24H38O2. The number of methoxy groups -OCH3 is 1. The number of rotatable bonds is 8. The van der Waals surface area contributed by atoms with Crippen molar-refractivity contribution in [2.45, 2.75) is 83.7 Å². The van der Waals surface area contributed by atoms with E-state index in [2.05, 4.69) is 31.2 Å². The van der Waals surface area contributed by atoms with Gasteiger partial charge in [-0.1, -0.05) is 56.9 Å². The third-order valence-electron chi connectivity index (χ3n) is 6.95. The van der Waals surface area contributed by atoms with Crippen LogP contribution in [0.2, 0.25) is 0 Å². The van der Waals surface area contributed by atoms with Gasteiger partial charge in [-0.05, 0) is 73.3 Å². The van der Waals surface area contributed by atoms with Crippen LogP contribution in [0, 0.1) is 17.8 Å². The molecule has 26 heavy (non-hydrogen) atoms. The number of ether oxygens (including phenoxy) is 2. The molecule has 0 radical (unpaired) electrons. The Hall–Kier alpha value is -0.860. The van der Waals surface area contributed by atoms with E-state index in [-0.39, 0.29) is 0 Å². The van der Waals surface area contributed by atoms with Crippen molar-refractivity contribution in [2.75, 3.05) is 13.9 Å². The van der Waals surface area contributed by atoms with E-state index < -0.39 is 0 Å². The molecule has 2 saturated carbocycles. The Bertz CT molecular complexity index is 493. The summed E-state index contributed by atoms with van der Waals surface area (Å²) in [5, 5.41) is 0. The summed E-state index contributed by atoms with van der Waals surface area (Å²) in [4.78, 5) is 0. The monoisotopic (exact) mass is 358 g/mol. The highest BCUT2D eigenvalue weighted by molar-refractivity contribution is 5.25. The van der Waals surface area contributed by atoms with Crippen LogP contribution < -0.4 is 0 Å². The van der Waals surface area contributed by atoms with Crippen LogP contribution in [0.1, 0.15) is 88.2 Å². The highest BCUT2D eigenvalue weighted by Gasteiger charge is 2.31. The molecule has 0 aromatic heterocycles. The summed E-state index contributed by atoms with van der Waals surface area (Å²) < 4.78 is 10.4. The Balaban J connectivity index is 1.42. The summed E-state index contributed by atoms with van der Waals surface area (Å²) in [7, 11) is 1.66. The van der Waals surface area contributed by atoms with E-state index in [4.69, 9.17) is 9.47 Å². The van der Waals surface area contributed by atoms with E-state index in [1.165, 1.54) is 75.3 Å². The largest absolute Gasteiger partial charge is 0.359 e. The van der Waals surface area contributed by atoms with Crippen LogP contribution in [-0.2, 0) is 16.1 Å². The van der Waals surface area contributed by atoms with Gasteiger partial charge in [-0.25, -0.2) is 0 Å². The van der Waals surface area contributed by atoms with E-state index in [1.807, 2.05) is 0 Å². The van der Waals surface area contributed by atoms with Gasteiger partial charge in [0.2, 0.25) is 0 Å². The topological polar surface area (TPSA) is 18.5 Å². The molecule has 0 saturated heterocycles. The van der Waals surface area contributed by atoms with Crippen LogP contribution in [0.5, 0.6) is 0 Å². The first-order chi connectivity index (χ1) is 12.8. The summed E-state index contributed by atoms with van der Waals surface area (Å²) in [6.45, 7) is 3.35. The third-order valence-corrected chi connectivity index (χ3v) is 6.95. The number of hydrogen-bond acceptors (Lipinski definition) is 2. The molecule has 2 aliphatic rings. The molecule has 0 unspecified atom stereocenters. The van der Waals surface area contributed by atoms with Gasteiger partial charge in [-0.15, -0.1) is 0 Å². The Morgan fingerprint density at radius 2 is 1.46 bits per heavy atom. The van der Waals surface area contributed by atoms with E-state index >= 15 is 0 Å². The van der Waals surface area contributed by atoms with Crippen LogP contribution in [0.4, 0.5) is 0 Å². The molecule has 3 rings (SSSR count). The lowest BCUT2D eigenvalue weighted by molar-refractivity contribution is -0.0390. The number of hydrogen-bond donors (Lipinski definition) is 0. The van der Waals surface area contributed by atoms with Gasteiger partial charge in [-0.2, -0.15) is 0 Å². The van der Waals surface area contributed by atoms with E-state index in [1.54, 1.807) is 7.11 Å². The van der Waals surface area contributed by atoms with Gasteiger partial charge in [0, 0.05) is 7.11 Å². The van der Waals surface area contributed by atoms with Gasteiger partial charge in [0.15, 0.2) is 0 Å². The Morgan fingerprint density at radius 1 is 0.846 bits per heavy atom. The zero-order valence-electron chi connectivity index (χ0n) is 16.9. The molecule has 146 valence electrons. The zero-order chi connectivity index (χ0) is 18.2. The highest BCUT2D eigenvalue weighted by atomic mass is 16.7. The first-order valence-electron chi connectivity index (χ1n) is 11.0. The van der Waals surface area contributed by atoms with E-state index in [9.17, 15) is 0 Å². The van der Waals surface area contributed by atoms with Crippen molar-refractivity contribution in [3.8, 4) is 0 Å². The second-order valence-electron chi connectivity index (χ2n) is 8.68. The SMILES string of the molecule is CCCC1CCC(C2CCC(c3ccc(COCOC)cc3)CC2)CC1. The average molecular weight is 359 g/mol. The minimum atomic E-state index is 0.367. The molecule has 0 atom stereocenters. The minimum Gasteiger partial charge on any atom is -0.359 e. The van der Waals surface area contributed by atoms with Gasteiger partial charge in [0.25, 0.3) is 0 Å². The fourth-order valence-corrected chi connectivity index (χ4v) is 5.41. The molecule has 0 bridgehead atoms. The lowest BCUT2D eigenvalue weighted by atomic mass is 9.68. The third kappa shape index (κ3) is 5.57. The van der Waals surface area contributed by atoms with Gasteiger partial charge in [-0.3, -0.25) is 0 Å². The fraction of sp³-hybridized carbons (Fsp3) is 0.750. The molecule has 2 aliphatic carbocycles. The lowest BCUT2D eigenvalue weighted by Gasteiger charge is -2.38. The van der Waals surface area contributed by atoms with Gasteiger partial charge >= 0.3 is 0 Å². The Morgan fingerprint density at radius 3 is 2.04 bits per heavy atom. The van der Waals surface area contributed by atoms with Gasteiger partial charge < -0.3 is 9.47 Å². The summed E-state index contributed by atoms with van der Waals surface area (Å²) in [5.74, 6) is 3.86. The van der Waals surface area contributed by atoms with Crippen LogP contribution >= 0.6 is 0 Å². The van der Waals surface area contributed by atoms with Crippen molar-refractivity contribution < 1.29 is 9.47 Å². The predicted molar refractivity (Wildman–Crippen MR) is 108 cm³/mol. The van der Waals surface area contributed by atoms with Crippen molar-refractivity contribution in [2.24, 2.45) is 17.8 Å².